The van der Waals surface area contributed by atoms with Crippen molar-refractivity contribution < 1.29 is 4.79 Å². The Morgan fingerprint density at radius 3 is 1.71 bits per heavy atom. The average molecular weight is 688 g/mol. The highest BCUT2D eigenvalue weighted by atomic mass is 16.2. The molecule has 262 valence electrons. The summed E-state index contributed by atoms with van der Waals surface area (Å²) >= 11 is 0. The molecule has 1 saturated carbocycles. The monoisotopic (exact) mass is 687 g/mol. The van der Waals surface area contributed by atoms with Gasteiger partial charge in [-0.2, -0.15) is 0 Å². The SMILES string of the molecule is CC(C)C1C2c3ccccc3-c3nnn(C(C)C)c3-c3cc(-c4ccc5c(c4)-c4nnn(C(C)C)c4-c4ccccc4N(C(C)C)C5=O)ccc3C21. The van der Waals surface area contributed by atoms with Crippen molar-refractivity contribution >= 4 is 11.6 Å². The van der Waals surface area contributed by atoms with E-state index in [1.54, 1.807) is 0 Å². The van der Waals surface area contributed by atoms with Gasteiger partial charge in [-0.25, -0.2) is 9.36 Å². The third-order valence-electron chi connectivity index (χ3n) is 11.4. The van der Waals surface area contributed by atoms with Crippen LogP contribution in [0.1, 0.15) is 101 Å². The Balaban J connectivity index is 1.28. The van der Waals surface area contributed by atoms with E-state index >= 15 is 0 Å². The Kier molecular flexibility index (Phi) is 7.40. The second kappa shape index (κ2) is 11.8. The largest absolute Gasteiger partial charge is 0.305 e. The lowest BCUT2D eigenvalue weighted by atomic mass is 9.86. The molecule has 6 aromatic rings. The molecule has 3 aliphatic rings. The summed E-state index contributed by atoms with van der Waals surface area (Å²) in [7, 11) is 0. The smallest absolute Gasteiger partial charge is 0.259 e. The van der Waals surface area contributed by atoms with E-state index < -0.39 is 0 Å². The first-order valence-corrected chi connectivity index (χ1v) is 18.8. The van der Waals surface area contributed by atoms with Crippen LogP contribution in [0.3, 0.4) is 0 Å². The van der Waals surface area contributed by atoms with Gasteiger partial charge in [-0.15, -0.1) is 10.2 Å². The molecular formula is C44H45N7O. The van der Waals surface area contributed by atoms with Crippen LogP contribution in [-0.4, -0.2) is 41.9 Å². The minimum atomic E-state index is -0.0561. The van der Waals surface area contributed by atoms with Crippen LogP contribution in [0.15, 0.2) is 84.9 Å². The number of benzene rings is 4. The van der Waals surface area contributed by atoms with Gasteiger partial charge >= 0.3 is 0 Å². The summed E-state index contributed by atoms with van der Waals surface area (Å²) < 4.78 is 4.08. The fourth-order valence-electron chi connectivity index (χ4n) is 9.12. The van der Waals surface area contributed by atoms with Gasteiger partial charge in [0, 0.05) is 45.9 Å². The fourth-order valence-corrected chi connectivity index (χ4v) is 9.12. The molecule has 3 heterocycles. The van der Waals surface area contributed by atoms with Crippen molar-refractivity contribution in [3.05, 3.63) is 102 Å². The van der Waals surface area contributed by atoms with Crippen LogP contribution in [-0.2, 0) is 0 Å². The van der Waals surface area contributed by atoms with Crippen molar-refractivity contribution in [1.82, 2.24) is 30.0 Å². The number of fused-ring (bicyclic) bond motifs is 13. The van der Waals surface area contributed by atoms with Crippen LogP contribution in [0.4, 0.5) is 5.69 Å². The number of aromatic nitrogens is 6. The number of rotatable bonds is 5. The van der Waals surface area contributed by atoms with Crippen LogP contribution in [0.25, 0.3) is 56.2 Å². The molecule has 8 heteroatoms. The Morgan fingerprint density at radius 1 is 0.538 bits per heavy atom. The zero-order valence-electron chi connectivity index (χ0n) is 31.2. The van der Waals surface area contributed by atoms with Crippen LogP contribution < -0.4 is 4.90 Å². The van der Waals surface area contributed by atoms with Crippen molar-refractivity contribution in [3.8, 4) is 56.2 Å². The maximum atomic E-state index is 14.5. The molecule has 0 bridgehead atoms. The van der Waals surface area contributed by atoms with E-state index in [-0.39, 0.29) is 24.0 Å². The molecule has 8 nitrogen and oxygen atoms in total. The van der Waals surface area contributed by atoms with Crippen molar-refractivity contribution in [1.29, 1.82) is 0 Å². The lowest BCUT2D eigenvalue weighted by Crippen LogP contribution is -2.38. The Hall–Kier alpha value is -5.37. The molecular weight excluding hydrogens is 643 g/mol. The summed E-state index contributed by atoms with van der Waals surface area (Å²) in [5.74, 6) is 1.90. The highest BCUT2D eigenvalue weighted by Crippen LogP contribution is 2.67. The van der Waals surface area contributed by atoms with Crippen LogP contribution in [0.5, 0.6) is 0 Å². The van der Waals surface area contributed by atoms with E-state index in [9.17, 15) is 4.79 Å². The van der Waals surface area contributed by atoms with Crippen LogP contribution in [0, 0.1) is 11.8 Å². The van der Waals surface area contributed by atoms with E-state index in [2.05, 4.69) is 126 Å². The van der Waals surface area contributed by atoms with E-state index in [1.165, 1.54) is 22.3 Å². The minimum Gasteiger partial charge on any atom is -0.305 e. The lowest BCUT2D eigenvalue weighted by Gasteiger charge is -2.32. The predicted octanol–water partition coefficient (Wildman–Crippen LogP) is 10.2. The summed E-state index contributed by atoms with van der Waals surface area (Å²) in [6, 6.07) is 30.3. The quantitative estimate of drug-likeness (QED) is 0.180. The molecule has 4 aromatic carbocycles. The predicted molar refractivity (Wildman–Crippen MR) is 207 cm³/mol. The van der Waals surface area contributed by atoms with Crippen LogP contribution >= 0.6 is 0 Å². The van der Waals surface area contributed by atoms with Crippen molar-refractivity contribution in [3.63, 3.8) is 0 Å². The molecule has 0 radical (unpaired) electrons. The molecule has 1 amide bonds. The number of anilines is 1. The fraction of sp³-hybridized carbons (Fsp3) is 0.341. The molecule has 1 fully saturated rings. The maximum Gasteiger partial charge on any atom is 0.259 e. The van der Waals surface area contributed by atoms with E-state index in [0.29, 0.717) is 29.2 Å². The molecule has 9 rings (SSSR count). The number of para-hydroxylation sites is 1. The average Bonchev–Trinajstić information content (AvgIpc) is 3.45. The highest BCUT2D eigenvalue weighted by Gasteiger charge is 2.55. The number of nitrogens with zero attached hydrogens (tertiary/aromatic N) is 7. The molecule has 0 N–H and O–H groups in total. The molecule has 1 aliphatic heterocycles. The van der Waals surface area contributed by atoms with Gasteiger partial charge in [0.2, 0.25) is 0 Å². The van der Waals surface area contributed by atoms with Gasteiger partial charge in [0.15, 0.2) is 0 Å². The van der Waals surface area contributed by atoms with E-state index in [0.717, 1.165) is 50.7 Å². The summed E-state index contributed by atoms with van der Waals surface area (Å²) in [5.41, 5.74) is 14.1. The standard InChI is InChI=1S/C44H45N7O/c1-23(2)37-38-29-13-9-10-14-31(29)40-43(51(26(7)8)47-45-40)35-22-28(17-19-30(35)39(37)38)27-18-20-32-34(21-27)41-42(50(25(5)6)48-46-41)33-15-11-12-16-36(33)49(24(3)4)44(32)52/h9-26,37-39H,1-8H3. The van der Waals surface area contributed by atoms with Crippen molar-refractivity contribution in [2.75, 3.05) is 4.90 Å². The van der Waals surface area contributed by atoms with Gasteiger partial charge < -0.3 is 4.90 Å². The van der Waals surface area contributed by atoms with Gasteiger partial charge in [-0.05, 0) is 112 Å². The molecule has 52 heavy (non-hydrogen) atoms. The normalized spacial score (nSPS) is 18.5. The number of carbonyl (C=O) groups is 1. The first-order valence-electron chi connectivity index (χ1n) is 18.8. The summed E-state index contributed by atoms with van der Waals surface area (Å²) in [4.78, 5) is 16.5. The summed E-state index contributed by atoms with van der Waals surface area (Å²) in [5, 5.41) is 19.1. The number of carbonyl (C=O) groups excluding carboxylic acids is 1. The Labute approximate surface area is 305 Å². The molecule has 3 unspecified atom stereocenters. The summed E-state index contributed by atoms with van der Waals surface area (Å²) in [6.45, 7) is 17.4. The highest BCUT2D eigenvalue weighted by molar-refractivity contribution is 6.14. The molecule has 0 saturated heterocycles. The number of hydrogen-bond donors (Lipinski definition) is 0. The molecule has 2 aromatic heterocycles. The second-order valence-electron chi connectivity index (χ2n) is 16.0. The molecule has 3 atom stereocenters. The van der Waals surface area contributed by atoms with Crippen LogP contribution in [0.2, 0.25) is 0 Å². The third-order valence-corrected chi connectivity index (χ3v) is 11.4. The third kappa shape index (κ3) is 4.69. The number of amides is 1. The van der Waals surface area contributed by atoms with E-state index in [1.807, 2.05) is 33.8 Å². The van der Waals surface area contributed by atoms with Gasteiger partial charge in [0.05, 0.1) is 17.1 Å². The Morgan fingerprint density at radius 2 is 1.08 bits per heavy atom. The molecule has 0 spiro atoms. The van der Waals surface area contributed by atoms with Gasteiger partial charge in [-0.1, -0.05) is 84.9 Å². The molecule has 2 aliphatic carbocycles. The van der Waals surface area contributed by atoms with Gasteiger partial charge in [-0.3, -0.25) is 4.79 Å². The van der Waals surface area contributed by atoms with Gasteiger partial charge in [0.1, 0.15) is 11.4 Å². The zero-order chi connectivity index (χ0) is 36.2. The zero-order valence-corrected chi connectivity index (χ0v) is 31.2. The van der Waals surface area contributed by atoms with Crippen molar-refractivity contribution in [2.45, 2.75) is 85.4 Å². The number of hydrogen-bond acceptors (Lipinski definition) is 5. The summed E-state index contributed by atoms with van der Waals surface area (Å²) in [6.07, 6.45) is 0. The first kappa shape index (κ1) is 32.5. The topological polar surface area (TPSA) is 81.7 Å². The lowest BCUT2D eigenvalue weighted by molar-refractivity contribution is 0.0981. The minimum absolute atomic E-state index is 0.0401. The van der Waals surface area contributed by atoms with E-state index in [4.69, 9.17) is 15.4 Å². The maximum absolute atomic E-state index is 14.5. The van der Waals surface area contributed by atoms with Gasteiger partial charge in [0.25, 0.3) is 5.91 Å². The second-order valence-corrected chi connectivity index (χ2v) is 16.0. The first-order chi connectivity index (χ1) is 25.1. The van der Waals surface area contributed by atoms with Crippen molar-refractivity contribution in [2.24, 2.45) is 11.8 Å². The Bertz CT molecular complexity index is 2400.